The molecule has 2 aromatic rings. The molecular weight excluding hydrogens is 406 g/mol. The number of nitrogens with zero attached hydrogens (tertiary/aromatic N) is 4. The molecule has 1 saturated heterocycles. The standard InChI is InChI=1S/C17H20F2N6O3S/c1-11-22-10-13(15(23-11)25-7-2-4-17(18,19)5-8-25)16(26)24-12-3-6-21-14(9-12)29(20,27)28/h3,6,9-10H,2,4-5,7-8H2,1H3,(H2,20,27,28)(H,21,24,26). The third kappa shape index (κ3) is 5.21. The molecule has 0 unspecified atom stereocenters. The van der Waals surface area contributed by atoms with Gasteiger partial charge in [-0.05, 0) is 19.4 Å². The number of amides is 1. The van der Waals surface area contributed by atoms with Crippen molar-refractivity contribution in [3.8, 4) is 0 Å². The lowest BCUT2D eigenvalue weighted by Crippen LogP contribution is -2.30. The molecule has 3 heterocycles. The van der Waals surface area contributed by atoms with E-state index in [0.29, 0.717) is 12.4 Å². The van der Waals surface area contributed by atoms with Gasteiger partial charge in [0.2, 0.25) is 5.92 Å². The summed E-state index contributed by atoms with van der Waals surface area (Å²) in [4.78, 5) is 26.4. The Labute approximate surface area is 166 Å². The summed E-state index contributed by atoms with van der Waals surface area (Å²) in [5.41, 5.74) is 0.248. The van der Waals surface area contributed by atoms with E-state index >= 15 is 0 Å². The molecule has 1 fully saturated rings. The van der Waals surface area contributed by atoms with Crippen LogP contribution in [0.25, 0.3) is 0 Å². The van der Waals surface area contributed by atoms with E-state index < -0.39 is 26.9 Å². The monoisotopic (exact) mass is 426 g/mol. The molecule has 3 rings (SSSR count). The molecule has 1 aliphatic rings. The lowest BCUT2D eigenvalue weighted by Gasteiger charge is -2.24. The highest BCUT2D eigenvalue weighted by molar-refractivity contribution is 7.89. The molecule has 12 heteroatoms. The van der Waals surface area contributed by atoms with Gasteiger partial charge in [-0.2, -0.15) is 0 Å². The number of nitrogens with one attached hydrogen (secondary N) is 1. The van der Waals surface area contributed by atoms with E-state index in [9.17, 15) is 22.0 Å². The Hall–Kier alpha value is -2.73. The molecule has 1 amide bonds. The average molecular weight is 426 g/mol. The second-order valence-electron chi connectivity index (χ2n) is 6.73. The van der Waals surface area contributed by atoms with Crippen LogP contribution in [0.3, 0.4) is 0 Å². The van der Waals surface area contributed by atoms with Crippen LogP contribution in [0.15, 0.2) is 29.6 Å². The minimum atomic E-state index is -4.04. The predicted molar refractivity (Wildman–Crippen MR) is 101 cm³/mol. The van der Waals surface area contributed by atoms with Crippen LogP contribution in [-0.4, -0.2) is 48.3 Å². The third-order valence-electron chi connectivity index (χ3n) is 4.44. The number of rotatable bonds is 4. The minimum absolute atomic E-state index is 0.0502. The number of hydrogen-bond donors (Lipinski definition) is 2. The van der Waals surface area contributed by atoms with E-state index in [1.165, 1.54) is 18.5 Å². The van der Waals surface area contributed by atoms with Gasteiger partial charge in [0.05, 0.1) is 0 Å². The summed E-state index contributed by atoms with van der Waals surface area (Å²) in [7, 11) is -4.04. The van der Waals surface area contributed by atoms with Gasteiger partial charge in [-0.3, -0.25) is 4.79 Å². The first kappa shape index (κ1) is 21.0. The van der Waals surface area contributed by atoms with E-state index in [0.717, 1.165) is 6.07 Å². The molecule has 2 aromatic heterocycles. The van der Waals surface area contributed by atoms with E-state index in [4.69, 9.17) is 5.14 Å². The average Bonchev–Trinajstić information content (AvgIpc) is 2.81. The number of hydrogen-bond acceptors (Lipinski definition) is 7. The molecule has 9 nitrogen and oxygen atoms in total. The summed E-state index contributed by atoms with van der Waals surface area (Å²) in [5.74, 6) is -2.70. The van der Waals surface area contributed by atoms with Gasteiger partial charge in [0, 0.05) is 50.1 Å². The first-order valence-corrected chi connectivity index (χ1v) is 10.4. The van der Waals surface area contributed by atoms with Crippen molar-refractivity contribution in [2.24, 2.45) is 5.14 Å². The van der Waals surface area contributed by atoms with E-state index in [1.807, 2.05) is 0 Å². The van der Waals surface area contributed by atoms with Gasteiger partial charge in [-0.15, -0.1) is 0 Å². The van der Waals surface area contributed by atoms with Gasteiger partial charge in [-0.1, -0.05) is 0 Å². The highest BCUT2D eigenvalue weighted by atomic mass is 32.2. The van der Waals surface area contributed by atoms with Crippen LogP contribution < -0.4 is 15.4 Å². The molecule has 156 valence electrons. The lowest BCUT2D eigenvalue weighted by molar-refractivity contribution is -0.0102. The summed E-state index contributed by atoms with van der Waals surface area (Å²) >= 11 is 0. The zero-order valence-electron chi connectivity index (χ0n) is 15.6. The number of carbonyl (C=O) groups is 1. The number of aryl methyl sites for hydroxylation is 1. The summed E-state index contributed by atoms with van der Waals surface area (Å²) in [5, 5.41) is 7.20. The fourth-order valence-electron chi connectivity index (χ4n) is 2.98. The molecule has 29 heavy (non-hydrogen) atoms. The molecule has 0 saturated carbocycles. The SMILES string of the molecule is Cc1ncc(C(=O)Nc2ccnc(S(N)(=O)=O)c2)c(N2CCCC(F)(F)CC2)n1. The number of pyridine rings is 1. The first-order valence-electron chi connectivity index (χ1n) is 8.82. The van der Waals surface area contributed by atoms with Gasteiger partial charge in [-0.25, -0.2) is 37.3 Å². The molecule has 0 aromatic carbocycles. The summed E-state index contributed by atoms with van der Waals surface area (Å²) in [6, 6.07) is 2.52. The summed E-state index contributed by atoms with van der Waals surface area (Å²) < 4.78 is 50.3. The number of alkyl halides is 2. The number of halogens is 2. The Bertz CT molecular complexity index is 1030. The van der Waals surface area contributed by atoms with Crippen molar-refractivity contribution in [1.82, 2.24) is 15.0 Å². The molecule has 0 bridgehead atoms. The van der Waals surface area contributed by atoms with Crippen LogP contribution in [0.4, 0.5) is 20.3 Å². The quantitative estimate of drug-likeness (QED) is 0.761. The molecule has 0 spiro atoms. The van der Waals surface area contributed by atoms with Crippen LogP contribution in [-0.2, 0) is 10.0 Å². The zero-order chi connectivity index (χ0) is 21.2. The van der Waals surface area contributed by atoms with Crippen molar-refractivity contribution in [3.63, 3.8) is 0 Å². The molecule has 1 aliphatic heterocycles. The van der Waals surface area contributed by atoms with Crippen LogP contribution in [0, 0.1) is 6.92 Å². The number of anilines is 2. The van der Waals surface area contributed by atoms with Gasteiger partial charge in [0.1, 0.15) is 17.2 Å². The van der Waals surface area contributed by atoms with E-state index in [1.54, 1.807) is 11.8 Å². The lowest BCUT2D eigenvalue weighted by atomic mass is 10.1. The fraction of sp³-hybridized carbons (Fsp3) is 0.412. The van der Waals surface area contributed by atoms with Crippen LogP contribution >= 0.6 is 0 Å². The van der Waals surface area contributed by atoms with Gasteiger partial charge >= 0.3 is 0 Å². The predicted octanol–water partition coefficient (Wildman–Crippen LogP) is 1.71. The number of nitrogens with two attached hydrogens (primary N) is 1. The number of carbonyl (C=O) groups excluding carboxylic acids is 1. The van der Waals surface area contributed by atoms with Gasteiger partial charge < -0.3 is 10.2 Å². The smallest absolute Gasteiger partial charge is 0.261 e. The van der Waals surface area contributed by atoms with Crippen LogP contribution in [0.5, 0.6) is 0 Å². The highest BCUT2D eigenvalue weighted by Gasteiger charge is 2.33. The van der Waals surface area contributed by atoms with Crippen molar-refractivity contribution in [1.29, 1.82) is 0 Å². The number of aromatic nitrogens is 3. The van der Waals surface area contributed by atoms with Crippen molar-refractivity contribution in [2.75, 3.05) is 23.3 Å². The molecule has 3 N–H and O–H groups in total. The zero-order valence-corrected chi connectivity index (χ0v) is 16.4. The van der Waals surface area contributed by atoms with Crippen molar-refractivity contribution >= 4 is 27.4 Å². The Morgan fingerprint density at radius 1 is 1.28 bits per heavy atom. The summed E-state index contributed by atoms with van der Waals surface area (Å²) in [6.45, 7) is 2.02. The van der Waals surface area contributed by atoms with Crippen LogP contribution in [0.2, 0.25) is 0 Å². The van der Waals surface area contributed by atoms with Crippen molar-refractivity contribution in [2.45, 2.75) is 37.1 Å². The number of sulfonamides is 1. The van der Waals surface area contributed by atoms with Crippen molar-refractivity contribution in [3.05, 3.63) is 35.9 Å². The molecule has 0 aliphatic carbocycles. The number of primary sulfonamides is 1. The third-order valence-corrected chi connectivity index (χ3v) is 5.24. The summed E-state index contributed by atoms with van der Waals surface area (Å²) in [6.07, 6.45) is 2.22. The Kier molecular flexibility index (Phi) is 5.75. The first-order chi connectivity index (χ1) is 13.5. The largest absolute Gasteiger partial charge is 0.356 e. The molecular formula is C17H20F2N6O3S. The Morgan fingerprint density at radius 3 is 2.76 bits per heavy atom. The topological polar surface area (TPSA) is 131 Å². The Morgan fingerprint density at radius 2 is 2.03 bits per heavy atom. The fourth-order valence-corrected chi connectivity index (χ4v) is 3.48. The van der Waals surface area contributed by atoms with Gasteiger partial charge in [0.15, 0.2) is 5.03 Å². The highest BCUT2D eigenvalue weighted by Crippen LogP contribution is 2.30. The van der Waals surface area contributed by atoms with Crippen LogP contribution in [0.1, 0.15) is 35.4 Å². The van der Waals surface area contributed by atoms with Crippen molar-refractivity contribution < 1.29 is 22.0 Å². The maximum absolute atomic E-state index is 13.7. The second kappa shape index (κ2) is 7.95. The normalized spacial score (nSPS) is 16.9. The van der Waals surface area contributed by atoms with E-state index in [2.05, 4.69) is 20.3 Å². The molecule has 0 atom stereocenters. The van der Waals surface area contributed by atoms with E-state index in [-0.39, 0.29) is 42.9 Å². The maximum atomic E-state index is 13.7. The Balaban J connectivity index is 1.88. The van der Waals surface area contributed by atoms with Gasteiger partial charge in [0.25, 0.3) is 15.9 Å². The maximum Gasteiger partial charge on any atom is 0.261 e. The second-order valence-corrected chi connectivity index (χ2v) is 8.24. The minimum Gasteiger partial charge on any atom is -0.356 e. The molecule has 0 radical (unpaired) electrons.